The van der Waals surface area contributed by atoms with E-state index in [1.807, 2.05) is 0 Å². The SMILES string of the molecule is CC(C)(N)C(C)(C)C(=O)NC1CCCC(C(F)(F)F)C1. The van der Waals surface area contributed by atoms with Crippen molar-refractivity contribution in [2.24, 2.45) is 17.1 Å². The summed E-state index contributed by atoms with van der Waals surface area (Å²) < 4.78 is 38.2. The van der Waals surface area contributed by atoms with E-state index in [9.17, 15) is 18.0 Å². The van der Waals surface area contributed by atoms with Crippen LogP contribution in [0.15, 0.2) is 0 Å². The summed E-state index contributed by atoms with van der Waals surface area (Å²) in [4.78, 5) is 12.3. The Labute approximate surface area is 118 Å². The number of carbonyl (C=O) groups excluding carboxylic acids is 1. The van der Waals surface area contributed by atoms with Crippen LogP contribution >= 0.6 is 0 Å². The number of nitrogens with two attached hydrogens (primary N) is 1. The van der Waals surface area contributed by atoms with Crippen LogP contribution in [0.4, 0.5) is 13.2 Å². The number of carbonyl (C=O) groups is 1. The van der Waals surface area contributed by atoms with Gasteiger partial charge < -0.3 is 11.1 Å². The van der Waals surface area contributed by atoms with Gasteiger partial charge in [-0.15, -0.1) is 0 Å². The Morgan fingerprint density at radius 2 is 1.70 bits per heavy atom. The molecule has 0 aromatic rings. The molecular formula is C14H25F3N2O. The van der Waals surface area contributed by atoms with Gasteiger partial charge in [-0.25, -0.2) is 0 Å². The Balaban J connectivity index is 2.67. The van der Waals surface area contributed by atoms with E-state index in [0.717, 1.165) is 0 Å². The first-order valence-corrected chi connectivity index (χ1v) is 7.02. The summed E-state index contributed by atoms with van der Waals surface area (Å²) in [6, 6.07) is -0.413. The van der Waals surface area contributed by atoms with E-state index in [2.05, 4.69) is 5.32 Å². The zero-order chi connectivity index (χ0) is 15.8. The van der Waals surface area contributed by atoms with Crippen LogP contribution in [-0.4, -0.2) is 23.7 Å². The zero-order valence-electron chi connectivity index (χ0n) is 12.6. The van der Waals surface area contributed by atoms with Crippen molar-refractivity contribution in [1.82, 2.24) is 5.32 Å². The van der Waals surface area contributed by atoms with Gasteiger partial charge in [0.15, 0.2) is 0 Å². The molecule has 118 valence electrons. The average Bonchev–Trinajstić information content (AvgIpc) is 2.26. The molecule has 0 aromatic heterocycles. The number of rotatable bonds is 3. The van der Waals surface area contributed by atoms with Gasteiger partial charge >= 0.3 is 6.18 Å². The number of halogens is 3. The summed E-state index contributed by atoms with van der Waals surface area (Å²) in [5.41, 5.74) is 4.40. The Morgan fingerprint density at radius 1 is 1.15 bits per heavy atom. The molecule has 0 bridgehead atoms. The summed E-state index contributed by atoms with van der Waals surface area (Å²) in [6.45, 7) is 6.91. The lowest BCUT2D eigenvalue weighted by Crippen LogP contribution is -2.57. The number of alkyl halides is 3. The van der Waals surface area contributed by atoms with Gasteiger partial charge in [0, 0.05) is 11.6 Å². The lowest BCUT2D eigenvalue weighted by Gasteiger charge is -2.39. The van der Waals surface area contributed by atoms with Crippen molar-refractivity contribution < 1.29 is 18.0 Å². The number of hydrogen-bond donors (Lipinski definition) is 2. The highest BCUT2D eigenvalue weighted by molar-refractivity contribution is 5.83. The lowest BCUT2D eigenvalue weighted by atomic mass is 9.74. The Morgan fingerprint density at radius 3 is 2.15 bits per heavy atom. The van der Waals surface area contributed by atoms with Gasteiger partial charge in [0.2, 0.25) is 5.91 Å². The van der Waals surface area contributed by atoms with Crippen LogP contribution in [0.1, 0.15) is 53.4 Å². The quantitative estimate of drug-likeness (QED) is 0.840. The summed E-state index contributed by atoms with van der Waals surface area (Å²) >= 11 is 0. The van der Waals surface area contributed by atoms with Crippen molar-refractivity contribution in [3.63, 3.8) is 0 Å². The van der Waals surface area contributed by atoms with Gasteiger partial charge in [0.1, 0.15) is 0 Å². The Bertz CT molecular complexity index is 358. The highest BCUT2D eigenvalue weighted by atomic mass is 19.4. The highest BCUT2D eigenvalue weighted by Crippen LogP contribution is 2.38. The van der Waals surface area contributed by atoms with Crippen LogP contribution in [0.3, 0.4) is 0 Å². The van der Waals surface area contributed by atoms with Gasteiger partial charge in [-0.3, -0.25) is 4.79 Å². The maximum Gasteiger partial charge on any atom is 0.391 e. The zero-order valence-corrected chi connectivity index (χ0v) is 12.6. The van der Waals surface area contributed by atoms with Crippen LogP contribution in [-0.2, 0) is 4.79 Å². The van der Waals surface area contributed by atoms with E-state index < -0.39 is 29.1 Å². The van der Waals surface area contributed by atoms with E-state index in [1.54, 1.807) is 27.7 Å². The molecule has 0 aliphatic heterocycles. The predicted molar refractivity (Wildman–Crippen MR) is 72.0 cm³/mol. The molecule has 0 radical (unpaired) electrons. The van der Waals surface area contributed by atoms with Crippen molar-refractivity contribution in [3.05, 3.63) is 0 Å². The van der Waals surface area contributed by atoms with E-state index in [-0.39, 0.29) is 18.7 Å². The van der Waals surface area contributed by atoms with Crippen molar-refractivity contribution in [1.29, 1.82) is 0 Å². The molecule has 1 aliphatic rings. The van der Waals surface area contributed by atoms with Gasteiger partial charge in [0.05, 0.1) is 11.3 Å². The molecule has 2 atom stereocenters. The van der Waals surface area contributed by atoms with Crippen molar-refractivity contribution in [2.45, 2.75) is 71.1 Å². The second kappa shape index (κ2) is 5.54. The predicted octanol–water partition coefficient (Wildman–Crippen LogP) is 2.99. The topological polar surface area (TPSA) is 55.1 Å². The van der Waals surface area contributed by atoms with Crippen LogP contribution in [0.25, 0.3) is 0 Å². The summed E-state index contributed by atoms with van der Waals surface area (Å²) in [6.07, 6.45) is -2.97. The highest BCUT2D eigenvalue weighted by Gasteiger charge is 2.45. The third-order valence-corrected chi connectivity index (χ3v) is 4.65. The minimum atomic E-state index is -4.17. The Hall–Kier alpha value is -0.780. The minimum absolute atomic E-state index is 0.0314. The maximum atomic E-state index is 12.7. The summed E-state index contributed by atoms with van der Waals surface area (Å²) in [5, 5.41) is 2.75. The molecule has 2 unspecified atom stereocenters. The van der Waals surface area contributed by atoms with Crippen molar-refractivity contribution in [2.75, 3.05) is 0 Å². The van der Waals surface area contributed by atoms with E-state index in [1.165, 1.54) is 0 Å². The van der Waals surface area contributed by atoms with Crippen LogP contribution < -0.4 is 11.1 Å². The molecule has 0 heterocycles. The molecule has 3 nitrogen and oxygen atoms in total. The van der Waals surface area contributed by atoms with Crippen molar-refractivity contribution in [3.8, 4) is 0 Å². The minimum Gasteiger partial charge on any atom is -0.353 e. The standard InChI is InChI=1S/C14H25F3N2O/c1-12(2,13(3,4)18)11(20)19-10-7-5-6-9(8-10)14(15,16)17/h9-10H,5-8,18H2,1-4H3,(H,19,20). The second-order valence-electron chi connectivity index (χ2n) is 6.92. The average molecular weight is 294 g/mol. The van der Waals surface area contributed by atoms with Gasteiger partial charge in [-0.05, 0) is 47.0 Å². The van der Waals surface area contributed by atoms with Gasteiger partial charge in [-0.2, -0.15) is 13.2 Å². The first-order valence-electron chi connectivity index (χ1n) is 7.02. The molecule has 1 saturated carbocycles. The Kier molecular flexibility index (Phi) is 4.79. The first kappa shape index (κ1) is 17.3. The monoisotopic (exact) mass is 294 g/mol. The van der Waals surface area contributed by atoms with Crippen LogP contribution in [0.5, 0.6) is 0 Å². The normalized spacial score (nSPS) is 25.4. The molecule has 0 saturated heterocycles. The molecular weight excluding hydrogens is 269 g/mol. The molecule has 6 heteroatoms. The summed E-state index contributed by atoms with van der Waals surface area (Å²) in [5.74, 6) is -1.59. The fraction of sp³-hybridized carbons (Fsp3) is 0.929. The second-order valence-corrected chi connectivity index (χ2v) is 6.92. The maximum absolute atomic E-state index is 12.7. The number of hydrogen-bond acceptors (Lipinski definition) is 2. The number of nitrogens with one attached hydrogen (secondary N) is 1. The van der Waals surface area contributed by atoms with Crippen LogP contribution in [0, 0.1) is 11.3 Å². The third kappa shape index (κ3) is 3.87. The van der Waals surface area contributed by atoms with Crippen molar-refractivity contribution >= 4 is 5.91 Å². The molecule has 1 aliphatic carbocycles. The molecule has 20 heavy (non-hydrogen) atoms. The third-order valence-electron chi connectivity index (χ3n) is 4.65. The van der Waals surface area contributed by atoms with Crippen LogP contribution in [0.2, 0.25) is 0 Å². The van der Waals surface area contributed by atoms with E-state index >= 15 is 0 Å². The molecule has 3 N–H and O–H groups in total. The molecule has 1 amide bonds. The molecule has 1 rings (SSSR count). The van der Waals surface area contributed by atoms with E-state index in [4.69, 9.17) is 5.73 Å². The molecule has 0 spiro atoms. The largest absolute Gasteiger partial charge is 0.391 e. The fourth-order valence-electron chi connectivity index (χ4n) is 2.28. The first-order chi connectivity index (χ1) is 8.85. The fourth-order valence-corrected chi connectivity index (χ4v) is 2.28. The van der Waals surface area contributed by atoms with Gasteiger partial charge in [-0.1, -0.05) is 6.42 Å². The molecule has 0 aromatic carbocycles. The molecule has 1 fully saturated rings. The van der Waals surface area contributed by atoms with Gasteiger partial charge in [0.25, 0.3) is 0 Å². The summed E-state index contributed by atoms with van der Waals surface area (Å²) in [7, 11) is 0. The van der Waals surface area contributed by atoms with E-state index in [0.29, 0.717) is 12.8 Å². The lowest BCUT2D eigenvalue weighted by molar-refractivity contribution is -0.184. The smallest absolute Gasteiger partial charge is 0.353 e. The number of amides is 1.